The third-order valence-electron chi connectivity index (χ3n) is 4.50. The molecule has 2 aromatic rings. The predicted octanol–water partition coefficient (Wildman–Crippen LogP) is 3.16. The smallest absolute Gasteiger partial charge is 0.255 e. The zero-order valence-corrected chi connectivity index (χ0v) is 15.8. The zero-order valence-electron chi connectivity index (χ0n) is 15.8. The van der Waals surface area contributed by atoms with Crippen LogP contribution in [0.4, 0.5) is 28.9 Å². The second kappa shape index (κ2) is 9.68. The number of anilines is 2. The van der Waals surface area contributed by atoms with Crippen molar-refractivity contribution in [1.82, 2.24) is 4.90 Å². The molecular formula is C20H19F4N3O3. The van der Waals surface area contributed by atoms with Gasteiger partial charge in [0.1, 0.15) is 5.82 Å². The van der Waals surface area contributed by atoms with Crippen LogP contribution >= 0.6 is 0 Å². The Hall–Kier alpha value is -2.98. The van der Waals surface area contributed by atoms with Gasteiger partial charge in [0.2, 0.25) is 5.91 Å². The monoisotopic (exact) mass is 425 g/mol. The SMILES string of the molecule is O=C(CCN1CCOCC1)Nc1cc(NC(=O)c2cc(F)c(F)c(F)c2)ccc1F. The number of nitrogens with one attached hydrogen (secondary N) is 2. The molecule has 1 fully saturated rings. The number of halogens is 4. The average molecular weight is 425 g/mol. The maximum Gasteiger partial charge on any atom is 0.255 e. The maximum atomic E-state index is 14.0. The minimum Gasteiger partial charge on any atom is -0.379 e. The van der Waals surface area contributed by atoms with E-state index in [9.17, 15) is 27.2 Å². The van der Waals surface area contributed by atoms with Crippen LogP contribution in [0.25, 0.3) is 0 Å². The molecule has 0 unspecified atom stereocenters. The van der Waals surface area contributed by atoms with Crippen molar-refractivity contribution in [2.45, 2.75) is 6.42 Å². The van der Waals surface area contributed by atoms with Gasteiger partial charge >= 0.3 is 0 Å². The lowest BCUT2D eigenvalue weighted by Gasteiger charge is -2.26. The summed E-state index contributed by atoms with van der Waals surface area (Å²) < 4.78 is 58.9. The van der Waals surface area contributed by atoms with E-state index >= 15 is 0 Å². The van der Waals surface area contributed by atoms with Crippen LogP contribution in [0.15, 0.2) is 30.3 Å². The van der Waals surface area contributed by atoms with Gasteiger partial charge in [-0.25, -0.2) is 17.6 Å². The van der Waals surface area contributed by atoms with Crippen molar-refractivity contribution in [3.8, 4) is 0 Å². The molecule has 0 aliphatic carbocycles. The van der Waals surface area contributed by atoms with E-state index in [1.807, 2.05) is 0 Å². The normalized spacial score (nSPS) is 14.4. The molecule has 0 aromatic heterocycles. The summed E-state index contributed by atoms with van der Waals surface area (Å²) in [5.74, 6) is -6.75. The highest BCUT2D eigenvalue weighted by Crippen LogP contribution is 2.21. The molecule has 0 spiro atoms. The number of nitrogens with zero attached hydrogens (tertiary/aromatic N) is 1. The van der Waals surface area contributed by atoms with Gasteiger partial charge in [-0.2, -0.15) is 0 Å². The lowest BCUT2D eigenvalue weighted by molar-refractivity contribution is -0.116. The summed E-state index contributed by atoms with van der Waals surface area (Å²) in [5.41, 5.74) is -0.530. The van der Waals surface area contributed by atoms with Gasteiger partial charge in [-0.1, -0.05) is 0 Å². The highest BCUT2D eigenvalue weighted by Gasteiger charge is 2.17. The van der Waals surface area contributed by atoms with E-state index in [0.717, 1.165) is 6.07 Å². The molecule has 1 saturated heterocycles. The molecule has 1 aliphatic rings. The van der Waals surface area contributed by atoms with Gasteiger partial charge in [-0.05, 0) is 30.3 Å². The number of rotatable bonds is 6. The topological polar surface area (TPSA) is 70.7 Å². The molecular weight excluding hydrogens is 406 g/mol. The van der Waals surface area contributed by atoms with Gasteiger partial charge < -0.3 is 15.4 Å². The lowest BCUT2D eigenvalue weighted by atomic mass is 10.1. The third kappa shape index (κ3) is 5.55. The average Bonchev–Trinajstić information content (AvgIpc) is 2.73. The van der Waals surface area contributed by atoms with E-state index in [1.54, 1.807) is 0 Å². The van der Waals surface area contributed by atoms with Gasteiger partial charge in [-0.15, -0.1) is 0 Å². The van der Waals surface area contributed by atoms with Crippen molar-refractivity contribution < 1.29 is 31.9 Å². The quantitative estimate of drug-likeness (QED) is 0.551. The van der Waals surface area contributed by atoms with E-state index in [1.165, 1.54) is 12.1 Å². The van der Waals surface area contributed by atoms with Crippen LogP contribution in [0.3, 0.4) is 0 Å². The Morgan fingerprint density at radius 1 is 0.933 bits per heavy atom. The summed E-state index contributed by atoms with van der Waals surface area (Å²) >= 11 is 0. The summed E-state index contributed by atoms with van der Waals surface area (Å²) in [5, 5.41) is 4.76. The van der Waals surface area contributed by atoms with E-state index < -0.39 is 40.6 Å². The molecule has 0 radical (unpaired) electrons. The Kier molecular flexibility index (Phi) is 7.01. The standard InChI is InChI=1S/C20H19F4N3O3/c21-14-2-1-13(25-20(29)12-9-15(22)19(24)16(23)10-12)11-17(14)26-18(28)3-4-27-5-7-30-8-6-27/h1-2,9-11H,3-8H2,(H,25,29)(H,26,28). The molecule has 0 saturated carbocycles. The minimum absolute atomic E-state index is 0.0787. The van der Waals surface area contributed by atoms with Crippen LogP contribution in [0.2, 0.25) is 0 Å². The fourth-order valence-corrected chi connectivity index (χ4v) is 2.89. The van der Waals surface area contributed by atoms with Crippen molar-refractivity contribution in [2.75, 3.05) is 43.5 Å². The van der Waals surface area contributed by atoms with Gasteiger partial charge in [0.05, 0.1) is 18.9 Å². The van der Waals surface area contributed by atoms with Crippen LogP contribution in [0.5, 0.6) is 0 Å². The number of benzene rings is 2. The number of carbonyl (C=O) groups excluding carboxylic acids is 2. The van der Waals surface area contributed by atoms with Crippen molar-refractivity contribution in [2.24, 2.45) is 0 Å². The molecule has 2 amide bonds. The number of carbonyl (C=O) groups is 2. The summed E-state index contributed by atoms with van der Waals surface area (Å²) in [7, 11) is 0. The maximum absolute atomic E-state index is 14.0. The Morgan fingerprint density at radius 3 is 2.27 bits per heavy atom. The zero-order chi connectivity index (χ0) is 21.7. The highest BCUT2D eigenvalue weighted by atomic mass is 19.2. The molecule has 6 nitrogen and oxygen atoms in total. The third-order valence-corrected chi connectivity index (χ3v) is 4.50. The fraction of sp³-hybridized carbons (Fsp3) is 0.300. The lowest BCUT2D eigenvalue weighted by Crippen LogP contribution is -2.38. The molecule has 3 rings (SSSR count). The van der Waals surface area contributed by atoms with Crippen LogP contribution in [-0.2, 0) is 9.53 Å². The Bertz CT molecular complexity index is 926. The summed E-state index contributed by atoms with van der Waals surface area (Å²) in [6.45, 7) is 3.12. The van der Waals surface area contributed by atoms with Crippen LogP contribution in [-0.4, -0.2) is 49.6 Å². The summed E-state index contributed by atoms with van der Waals surface area (Å²) in [6.07, 6.45) is 0.143. The second-order valence-corrected chi connectivity index (χ2v) is 6.65. The molecule has 1 aliphatic heterocycles. The molecule has 2 N–H and O–H groups in total. The number of amides is 2. The van der Waals surface area contributed by atoms with Crippen molar-refractivity contribution >= 4 is 23.2 Å². The Balaban J connectivity index is 1.63. The van der Waals surface area contributed by atoms with Gasteiger partial charge in [-0.3, -0.25) is 14.5 Å². The molecule has 0 atom stereocenters. The second-order valence-electron chi connectivity index (χ2n) is 6.65. The van der Waals surface area contributed by atoms with Gasteiger partial charge in [0.25, 0.3) is 5.91 Å². The molecule has 10 heteroatoms. The van der Waals surface area contributed by atoms with Gasteiger partial charge in [0, 0.05) is 37.3 Å². The number of morpholine rings is 1. The number of hydrogen-bond donors (Lipinski definition) is 2. The largest absolute Gasteiger partial charge is 0.379 e. The first-order chi connectivity index (χ1) is 14.3. The number of ether oxygens (including phenoxy) is 1. The molecule has 30 heavy (non-hydrogen) atoms. The van der Waals surface area contributed by atoms with Crippen molar-refractivity contribution in [3.63, 3.8) is 0 Å². The molecule has 1 heterocycles. The number of hydrogen-bond acceptors (Lipinski definition) is 4. The summed E-state index contributed by atoms with van der Waals surface area (Å²) in [4.78, 5) is 26.3. The Labute approximate surface area is 169 Å². The first-order valence-corrected chi connectivity index (χ1v) is 9.19. The Morgan fingerprint density at radius 2 is 1.60 bits per heavy atom. The van der Waals surface area contributed by atoms with Crippen molar-refractivity contribution in [1.29, 1.82) is 0 Å². The molecule has 160 valence electrons. The molecule has 2 aromatic carbocycles. The minimum atomic E-state index is -1.68. The first kappa shape index (κ1) is 21.7. The van der Waals surface area contributed by atoms with E-state index in [2.05, 4.69) is 15.5 Å². The fourth-order valence-electron chi connectivity index (χ4n) is 2.89. The summed E-state index contributed by atoms with van der Waals surface area (Å²) in [6, 6.07) is 4.51. The molecule has 0 bridgehead atoms. The van der Waals surface area contributed by atoms with Crippen LogP contribution < -0.4 is 10.6 Å². The highest BCUT2D eigenvalue weighted by molar-refractivity contribution is 6.04. The van der Waals surface area contributed by atoms with E-state index in [-0.39, 0.29) is 17.8 Å². The van der Waals surface area contributed by atoms with Crippen molar-refractivity contribution in [3.05, 3.63) is 59.2 Å². The van der Waals surface area contributed by atoms with E-state index in [0.29, 0.717) is 45.0 Å². The van der Waals surface area contributed by atoms with E-state index in [4.69, 9.17) is 4.74 Å². The first-order valence-electron chi connectivity index (χ1n) is 9.19. The van der Waals surface area contributed by atoms with Crippen LogP contribution in [0, 0.1) is 23.3 Å². The predicted molar refractivity (Wildman–Crippen MR) is 101 cm³/mol. The van der Waals surface area contributed by atoms with Gasteiger partial charge in [0.15, 0.2) is 17.5 Å². The van der Waals surface area contributed by atoms with Crippen LogP contribution in [0.1, 0.15) is 16.8 Å².